The van der Waals surface area contributed by atoms with Crippen molar-refractivity contribution in [2.24, 2.45) is 11.7 Å². The van der Waals surface area contributed by atoms with E-state index in [0.717, 1.165) is 19.0 Å². The lowest BCUT2D eigenvalue weighted by molar-refractivity contribution is 0.439. The SMILES string of the molecule is CC.CCCC(CC)CN.CCNC(C)(C)C. The molecule has 0 rings (SSSR count). The molecule has 0 aromatic heterocycles. The van der Waals surface area contributed by atoms with Crippen molar-refractivity contribution in [2.75, 3.05) is 13.1 Å². The highest BCUT2D eigenvalue weighted by Crippen LogP contribution is 2.07. The van der Waals surface area contributed by atoms with Gasteiger partial charge < -0.3 is 11.1 Å². The molecule has 0 aliphatic heterocycles. The highest BCUT2D eigenvalue weighted by atomic mass is 14.9. The zero-order valence-corrected chi connectivity index (χ0v) is 13.7. The summed E-state index contributed by atoms with van der Waals surface area (Å²) >= 11 is 0. The number of hydrogen-bond donors (Lipinski definition) is 2. The van der Waals surface area contributed by atoms with Crippen molar-refractivity contribution < 1.29 is 0 Å². The van der Waals surface area contributed by atoms with Gasteiger partial charge in [0.15, 0.2) is 0 Å². The van der Waals surface area contributed by atoms with Crippen molar-refractivity contribution in [1.29, 1.82) is 0 Å². The van der Waals surface area contributed by atoms with Crippen LogP contribution in [0, 0.1) is 5.92 Å². The largest absolute Gasteiger partial charge is 0.330 e. The molecule has 0 aromatic rings. The minimum Gasteiger partial charge on any atom is -0.330 e. The summed E-state index contributed by atoms with van der Waals surface area (Å²) in [6.45, 7) is 18.9. The first-order valence-electron chi connectivity index (χ1n) is 7.36. The van der Waals surface area contributed by atoms with Gasteiger partial charge in [0.2, 0.25) is 0 Å². The predicted molar refractivity (Wildman–Crippen MR) is 82.5 cm³/mol. The second-order valence-electron chi connectivity index (χ2n) is 5.08. The number of rotatable bonds is 5. The van der Waals surface area contributed by atoms with Crippen LogP contribution >= 0.6 is 0 Å². The molecule has 2 heteroatoms. The molecule has 0 radical (unpaired) electrons. The van der Waals surface area contributed by atoms with E-state index in [9.17, 15) is 0 Å². The molecule has 17 heavy (non-hydrogen) atoms. The maximum absolute atomic E-state index is 5.47. The van der Waals surface area contributed by atoms with Crippen LogP contribution in [0.1, 0.15) is 74.7 Å². The van der Waals surface area contributed by atoms with Crippen LogP contribution in [0.2, 0.25) is 0 Å². The van der Waals surface area contributed by atoms with Crippen molar-refractivity contribution in [1.82, 2.24) is 5.32 Å². The summed E-state index contributed by atoms with van der Waals surface area (Å²) in [5.41, 5.74) is 5.77. The van der Waals surface area contributed by atoms with Gasteiger partial charge in [0, 0.05) is 5.54 Å². The molecule has 108 valence electrons. The fraction of sp³-hybridized carbons (Fsp3) is 1.00. The molecule has 0 heterocycles. The van der Waals surface area contributed by atoms with Gasteiger partial charge in [0.1, 0.15) is 0 Å². The molecule has 0 aliphatic carbocycles. The summed E-state index contributed by atoms with van der Waals surface area (Å²) in [4.78, 5) is 0. The molecular formula is C15H38N2. The minimum atomic E-state index is 0.300. The van der Waals surface area contributed by atoms with Crippen molar-refractivity contribution in [2.45, 2.75) is 80.2 Å². The molecule has 0 spiro atoms. The molecule has 0 fully saturated rings. The van der Waals surface area contributed by atoms with Crippen LogP contribution in [0.5, 0.6) is 0 Å². The maximum atomic E-state index is 5.47. The third kappa shape index (κ3) is 25.9. The van der Waals surface area contributed by atoms with E-state index in [1.807, 2.05) is 13.8 Å². The summed E-state index contributed by atoms with van der Waals surface area (Å²) < 4.78 is 0. The van der Waals surface area contributed by atoms with Gasteiger partial charge in [0.05, 0.1) is 0 Å². The van der Waals surface area contributed by atoms with Crippen LogP contribution in [0.3, 0.4) is 0 Å². The summed E-state index contributed by atoms with van der Waals surface area (Å²) in [7, 11) is 0. The van der Waals surface area contributed by atoms with Crippen LogP contribution in [-0.4, -0.2) is 18.6 Å². The standard InChI is InChI=1S/C7H17N.C6H15N.C2H6/c1-3-5-7(4-2)6-8;1-5-7-6(2,3)4;1-2/h7H,3-6,8H2,1-2H3;7H,5H2,1-4H3;1-2H3. The van der Waals surface area contributed by atoms with Crippen molar-refractivity contribution >= 4 is 0 Å². The lowest BCUT2D eigenvalue weighted by Gasteiger charge is -2.18. The van der Waals surface area contributed by atoms with E-state index in [0.29, 0.717) is 5.54 Å². The van der Waals surface area contributed by atoms with Gasteiger partial charge in [-0.05, 0) is 46.2 Å². The molecule has 0 saturated carbocycles. The Morgan fingerprint density at radius 1 is 1.06 bits per heavy atom. The van der Waals surface area contributed by atoms with Crippen LogP contribution in [-0.2, 0) is 0 Å². The first-order chi connectivity index (χ1) is 7.91. The average molecular weight is 246 g/mol. The van der Waals surface area contributed by atoms with Gasteiger partial charge in [0.25, 0.3) is 0 Å². The van der Waals surface area contributed by atoms with Crippen LogP contribution in [0.4, 0.5) is 0 Å². The minimum absolute atomic E-state index is 0.300. The van der Waals surface area contributed by atoms with E-state index in [4.69, 9.17) is 5.73 Å². The molecule has 2 nitrogen and oxygen atoms in total. The van der Waals surface area contributed by atoms with Crippen molar-refractivity contribution in [3.63, 3.8) is 0 Å². The Bertz CT molecular complexity index is 113. The fourth-order valence-electron chi connectivity index (χ4n) is 1.43. The Labute approximate surface area is 111 Å². The van der Waals surface area contributed by atoms with Crippen molar-refractivity contribution in [3.05, 3.63) is 0 Å². The molecule has 0 aromatic carbocycles. The second kappa shape index (κ2) is 15.9. The summed E-state index contributed by atoms with van der Waals surface area (Å²) in [6, 6.07) is 0. The Balaban J connectivity index is -0.000000202. The first kappa shape index (κ1) is 22.1. The highest BCUT2D eigenvalue weighted by molar-refractivity contribution is 4.67. The van der Waals surface area contributed by atoms with E-state index < -0.39 is 0 Å². The van der Waals surface area contributed by atoms with Gasteiger partial charge >= 0.3 is 0 Å². The molecular weight excluding hydrogens is 208 g/mol. The normalized spacial score (nSPS) is 11.8. The van der Waals surface area contributed by atoms with E-state index >= 15 is 0 Å². The van der Waals surface area contributed by atoms with Gasteiger partial charge in [-0.1, -0.05) is 47.5 Å². The fourth-order valence-corrected chi connectivity index (χ4v) is 1.43. The van der Waals surface area contributed by atoms with E-state index in [-0.39, 0.29) is 0 Å². The van der Waals surface area contributed by atoms with Crippen LogP contribution in [0.15, 0.2) is 0 Å². The smallest absolute Gasteiger partial charge is 0.00963 e. The molecule has 0 saturated heterocycles. The lowest BCUT2D eigenvalue weighted by Crippen LogP contribution is -2.35. The summed E-state index contributed by atoms with van der Waals surface area (Å²) in [5.74, 6) is 0.778. The Hall–Kier alpha value is -0.0800. The van der Waals surface area contributed by atoms with E-state index in [1.165, 1.54) is 19.3 Å². The Morgan fingerprint density at radius 2 is 1.53 bits per heavy atom. The summed E-state index contributed by atoms with van der Waals surface area (Å²) in [5, 5.41) is 3.28. The first-order valence-corrected chi connectivity index (χ1v) is 7.36. The zero-order chi connectivity index (χ0) is 14.3. The summed E-state index contributed by atoms with van der Waals surface area (Å²) in [6.07, 6.45) is 3.81. The third-order valence-corrected chi connectivity index (χ3v) is 2.31. The topological polar surface area (TPSA) is 38.0 Å². The lowest BCUT2D eigenvalue weighted by atomic mass is 10.0. The quantitative estimate of drug-likeness (QED) is 0.763. The van der Waals surface area contributed by atoms with Crippen LogP contribution < -0.4 is 11.1 Å². The van der Waals surface area contributed by atoms with E-state index in [1.54, 1.807) is 0 Å². The monoisotopic (exact) mass is 246 g/mol. The Kier molecular flexibility index (Phi) is 20.7. The second-order valence-corrected chi connectivity index (χ2v) is 5.08. The Morgan fingerprint density at radius 3 is 1.59 bits per heavy atom. The molecule has 3 N–H and O–H groups in total. The molecule has 0 bridgehead atoms. The maximum Gasteiger partial charge on any atom is 0.00963 e. The van der Waals surface area contributed by atoms with Gasteiger partial charge in [-0.15, -0.1) is 0 Å². The van der Waals surface area contributed by atoms with Crippen molar-refractivity contribution in [3.8, 4) is 0 Å². The average Bonchev–Trinajstić information content (AvgIpc) is 2.28. The zero-order valence-electron chi connectivity index (χ0n) is 13.7. The predicted octanol–water partition coefficient (Wildman–Crippen LogP) is 4.19. The number of nitrogens with one attached hydrogen (secondary N) is 1. The van der Waals surface area contributed by atoms with Gasteiger partial charge in [-0.3, -0.25) is 0 Å². The van der Waals surface area contributed by atoms with Gasteiger partial charge in [-0.25, -0.2) is 0 Å². The van der Waals surface area contributed by atoms with Crippen LogP contribution in [0.25, 0.3) is 0 Å². The number of hydrogen-bond acceptors (Lipinski definition) is 2. The van der Waals surface area contributed by atoms with Gasteiger partial charge in [-0.2, -0.15) is 0 Å². The number of nitrogens with two attached hydrogens (primary N) is 1. The van der Waals surface area contributed by atoms with E-state index in [2.05, 4.69) is 46.9 Å². The molecule has 1 atom stereocenters. The molecule has 0 amide bonds. The highest BCUT2D eigenvalue weighted by Gasteiger charge is 2.04. The molecule has 0 aliphatic rings. The molecule has 1 unspecified atom stereocenters. The third-order valence-electron chi connectivity index (χ3n) is 2.31.